The largest absolute Gasteiger partial charge is 0.485 e. The van der Waals surface area contributed by atoms with E-state index in [1.807, 2.05) is 13.8 Å². The minimum Gasteiger partial charge on any atom is -0.485 e. The Labute approximate surface area is 232 Å². The highest BCUT2D eigenvalue weighted by Crippen LogP contribution is 2.22. The molecule has 0 atom stereocenters. The molecular weight excluding hydrogens is 476 g/mol. The lowest BCUT2D eigenvalue weighted by Crippen LogP contribution is -2.44. The maximum atomic E-state index is 12.5. The van der Waals surface area contributed by atoms with Crippen molar-refractivity contribution in [2.24, 2.45) is 0 Å². The van der Waals surface area contributed by atoms with Gasteiger partial charge in [-0.25, -0.2) is 0 Å². The van der Waals surface area contributed by atoms with Crippen LogP contribution in [-0.2, 0) is 18.4 Å². The molecule has 0 N–H and O–H groups in total. The van der Waals surface area contributed by atoms with Crippen LogP contribution in [0, 0.1) is 0 Å². The molecule has 37 heavy (non-hydrogen) atoms. The van der Waals surface area contributed by atoms with Gasteiger partial charge in [0.2, 0.25) is 0 Å². The van der Waals surface area contributed by atoms with E-state index in [1.54, 1.807) is 0 Å². The zero-order chi connectivity index (χ0) is 27.5. The van der Waals surface area contributed by atoms with Crippen LogP contribution in [0.2, 0.25) is 12.1 Å². The number of rotatable bonds is 28. The lowest BCUT2D eigenvalue weighted by atomic mass is 10.1. The van der Waals surface area contributed by atoms with Crippen LogP contribution in [-0.4, -0.2) is 20.5 Å². The average Bonchev–Trinajstić information content (AvgIpc) is 2.90. The van der Waals surface area contributed by atoms with Gasteiger partial charge in [0, 0.05) is 24.9 Å². The Morgan fingerprint density at radius 2 is 0.649 bits per heavy atom. The van der Waals surface area contributed by atoms with E-state index in [1.165, 1.54) is 116 Å². The van der Waals surface area contributed by atoms with Gasteiger partial charge in [-0.1, -0.05) is 156 Å². The van der Waals surface area contributed by atoms with E-state index in [2.05, 4.69) is 13.8 Å². The Bertz CT molecular complexity index is 477. The Morgan fingerprint density at radius 3 is 0.892 bits per heavy atom. The highest BCUT2D eigenvalue weighted by molar-refractivity contribution is 6.70. The van der Waals surface area contributed by atoms with Crippen LogP contribution in [0.3, 0.4) is 0 Å². The molecule has 0 aliphatic carbocycles. The second-order valence-corrected chi connectivity index (χ2v) is 14.8. The summed E-state index contributed by atoms with van der Waals surface area (Å²) in [6.07, 6.45) is 28.7. The SMILES string of the molecule is CCCCCCCCCCCCCC(=O)O[Si](CC)(CC)OC(=O)CCCCCCCCCCCCC. The molecule has 0 heterocycles. The van der Waals surface area contributed by atoms with Crippen molar-refractivity contribution in [2.75, 3.05) is 0 Å². The number of carbonyl (C=O) groups excluding carboxylic acids is 2. The summed E-state index contributed by atoms with van der Waals surface area (Å²) >= 11 is 0. The Morgan fingerprint density at radius 1 is 0.405 bits per heavy atom. The Balaban J connectivity index is 3.90. The Kier molecular flexibility index (Phi) is 26.1. The predicted octanol–water partition coefficient (Wildman–Crippen LogP) is 11.0. The molecule has 5 heteroatoms. The molecule has 0 radical (unpaired) electrons. The molecule has 0 aromatic rings. The van der Waals surface area contributed by atoms with Gasteiger partial charge in [-0.15, -0.1) is 0 Å². The van der Waals surface area contributed by atoms with E-state index in [-0.39, 0.29) is 11.9 Å². The maximum Gasteiger partial charge on any atom is 0.463 e. The molecule has 0 aliphatic heterocycles. The summed E-state index contributed by atoms with van der Waals surface area (Å²) in [5, 5.41) is 0. The van der Waals surface area contributed by atoms with Crippen molar-refractivity contribution >= 4 is 20.5 Å². The lowest BCUT2D eigenvalue weighted by Gasteiger charge is -2.27. The molecule has 0 unspecified atom stereocenters. The summed E-state index contributed by atoms with van der Waals surface area (Å²) in [7, 11) is -2.77. The van der Waals surface area contributed by atoms with Crippen LogP contribution in [0.5, 0.6) is 0 Å². The van der Waals surface area contributed by atoms with Crippen molar-refractivity contribution in [1.82, 2.24) is 0 Å². The molecule has 0 fully saturated rings. The number of carbonyl (C=O) groups is 2. The molecule has 220 valence electrons. The molecule has 0 aromatic heterocycles. The number of hydrogen-bond acceptors (Lipinski definition) is 4. The van der Waals surface area contributed by atoms with Gasteiger partial charge in [0.1, 0.15) is 0 Å². The van der Waals surface area contributed by atoms with Gasteiger partial charge in [0.05, 0.1) is 0 Å². The van der Waals surface area contributed by atoms with Crippen molar-refractivity contribution in [2.45, 2.75) is 194 Å². The third-order valence-electron chi connectivity index (χ3n) is 7.65. The monoisotopic (exact) mass is 540 g/mol. The van der Waals surface area contributed by atoms with Crippen LogP contribution in [0.25, 0.3) is 0 Å². The summed E-state index contributed by atoms with van der Waals surface area (Å²) < 4.78 is 11.7. The molecule has 0 amide bonds. The highest BCUT2D eigenvalue weighted by Gasteiger charge is 2.41. The van der Waals surface area contributed by atoms with Gasteiger partial charge in [-0.05, 0) is 12.8 Å². The van der Waals surface area contributed by atoms with E-state index >= 15 is 0 Å². The molecule has 0 bridgehead atoms. The molecule has 0 spiro atoms. The van der Waals surface area contributed by atoms with Crippen molar-refractivity contribution in [3.63, 3.8) is 0 Å². The van der Waals surface area contributed by atoms with E-state index in [9.17, 15) is 9.59 Å². The zero-order valence-electron chi connectivity index (χ0n) is 25.5. The zero-order valence-corrected chi connectivity index (χ0v) is 26.5. The first-order chi connectivity index (χ1) is 18.0. The summed E-state index contributed by atoms with van der Waals surface area (Å²) in [5.41, 5.74) is 0. The van der Waals surface area contributed by atoms with Crippen LogP contribution in [0.15, 0.2) is 0 Å². The van der Waals surface area contributed by atoms with E-state index < -0.39 is 8.56 Å². The molecule has 0 rings (SSSR count). The van der Waals surface area contributed by atoms with Crippen molar-refractivity contribution < 1.29 is 18.4 Å². The third-order valence-corrected chi connectivity index (χ3v) is 11.0. The molecule has 0 saturated heterocycles. The first-order valence-corrected chi connectivity index (χ1v) is 18.7. The maximum absolute atomic E-state index is 12.5. The van der Waals surface area contributed by atoms with Gasteiger partial charge >= 0.3 is 8.56 Å². The number of unbranched alkanes of at least 4 members (excludes halogenated alkanes) is 20. The van der Waals surface area contributed by atoms with Gasteiger partial charge in [0.25, 0.3) is 11.9 Å². The first kappa shape index (κ1) is 36.2. The number of hydrogen-bond donors (Lipinski definition) is 0. The van der Waals surface area contributed by atoms with Gasteiger partial charge in [-0.3, -0.25) is 9.59 Å². The fraction of sp³-hybridized carbons (Fsp3) is 0.938. The average molecular weight is 541 g/mol. The quantitative estimate of drug-likeness (QED) is 0.0731. The van der Waals surface area contributed by atoms with Crippen LogP contribution < -0.4 is 0 Å². The normalized spacial score (nSPS) is 11.6. The van der Waals surface area contributed by atoms with E-state index in [4.69, 9.17) is 8.85 Å². The summed E-state index contributed by atoms with van der Waals surface area (Å²) in [5.74, 6) is -0.345. The summed E-state index contributed by atoms with van der Waals surface area (Å²) in [6.45, 7) is 8.49. The van der Waals surface area contributed by atoms with Gasteiger partial charge < -0.3 is 8.85 Å². The fourth-order valence-corrected chi connectivity index (χ4v) is 7.10. The summed E-state index contributed by atoms with van der Waals surface area (Å²) in [4.78, 5) is 25.0. The van der Waals surface area contributed by atoms with Gasteiger partial charge in [0.15, 0.2) is 0 Å². The minimum absolute atomic E-state index is 0.172. The van der Waals surface area contributed by atoms with Crippen molar-refractivity contribution in [3.05, 3.63) is 0 Å². The smallest absolute Gasteiger partial charge is 0.463 e. The molecule has 4 nitrogen and oxygen atoms in total. The molecule has 0 saturated carbocycles. The van der Waals surface area contributed by atoms with Crippen LogP contribution >= 0.6 is 0 Å². The predicted molar refractivity (Wildman–Crippen MR) is 161 cm³/mol. The molecule has 0 aliphatic rings. The van der Waals surface area contributed by atoms with Crippen molar-refractivity contribution in [1.29, 1.82) is 0 Å². The van der Waals surface area contributed by atoms with E-state index in [0.29, 0.717) is 24.9 Å². The van der Waals surface area contributed by atoms with Crippen LogP contribution in [0.1, 0.15) is 182 Å². The standard InChI is InChI=1S/C32H64O4Si/c1-5-9-11-13-15-17-19-21-23-25-27-29-31(33)35-37(7-3,8-4)36-32(34)30-28-26-24-22-20-18-16-14-12-10-6-2/h5-30H2,1-4H3. The first-order valence-electron chi connectivity index (χ1n) is 16.5. The molecular formula is C32H64O4Si. The lowest BCUT2D eigenvalue weighted by molar-refractivity contribution is -0.141. The second kappa shape index (κ2) is 26.8. The fourth-order valence-electron chi connectivity index (χ4n) is 4.94. The van der Waals surface area contributed by atoms with E-state index in [0.717, 1.165) is 25.7 Å². The summed E-state index contributed by atoms with van der Waals surface area (Å²) in [6, 6.07) is 1.27. The van der Waals surface area contributed by atoms with Crippen LogP contribution in [0.4, 0.5) is 0 Å². The second-order valence-electron chi connectivity index (χ2n) is 11.1. The highest BCUT2D eigenvalue weighted by atomic mass is 28.4. The Hall–Kier alpha value is -0.843. The third kappa shape index (κ3) is 22.8. The molecule has 0 aromatic carbocycles. The van der Waals surface area contributed by atoms with Gasteiger partial charge in [-0.2, -0.15) is 0 Å². The minimum atomic E-state index is -2.77. The van der Waals surface area contributed by atoms with Crippen molar-refractivity contribution in [3.8, 4) is 0 Å². The topological polar surface area (TPSA) is 52.6 Å².